The summed E-state index contributed by atoms with van der Waals surface area (Å²) < 4.78 is 22.9. The third kappa shape index (κ3) is 36.0. The molecule has 14 heteroatoms. The second-order valence-electron chi connectivity index (χ2n) is 23.6. The highest BCUT2D eigenvalue weighted by atomic mass is 16.7. The van der Waals surface area contributed by atoms with Crippen LogP contribution in [0.1, 0.15) is 290 Å². The van der Waals surface area contributed by atoms with Crippen molar-refractivity contribution in [2.45, 2.75) is 364 Å². The molecule has 2 aliphatic rings. The van der Waals surface area contributed by atoms with Crippen LogP contribution in [0.4, 0.5) is 0 Å². The Morgan fingerprint density at radius 3 is 1.27 bits per heavy atom. The Balaban J connectivity index is 1.70. The summed E-state index contributed by atoms with van der Waals surface area (Å²) in [4.78, 5) is 13.3. The number of aliphatic hydroxyl groups is 8. The van der Waals surface area contributed by atoms with E-state index in [1.54, 1.807) is 0 Å². The van der Waals surface area contributed by atoms with Crippen LogP contribution < -0.4 is 5.32 Å². The number of amides is 1. The van der Waals surface area contributed by atoms with Crippen LogP contribution >= 0.6 is 0 Å². The van der Waals surface area contributed by atoms with E-state index in [4.69, 9.17) is 18.9 Å². The molecule has 0 aromatic heterocycles. The first kappa shape index (κ1) is 73.6. The Labute approximate surface area is 481 Å². The molecule has 2 heterocycles. The maximum atomic E-state index is 13.3. The SMILES string of the molecule is CCCCCCC/C=C\C/C=C\CCCCCCCCCCCCCCCC(=O)NC(COC1OC(CO)C(OC2OC(CO)C(O)C(O)C2O)C(O)C1O)C(O)CCCCCCCCCCCCCCCCCCCCCC. The summed E-state index contributed by atoms with van der Waals surface area (Å²) in [5.74, 6) is -0.203. The van der Waals surface area contributed by atoms with E-state index in [-0.39, 0.29) is 12.5 Å². The third-order valence-electron chi connectivity index (χ3n) is 16.4. The van der Waals surface area contributed by atoms with Crippen LogP contribution in [0.2, 0.25) is 0 Å². The number of hydrogen-bond donors (Lipinski definition) is 9. The molecular formula is C65H123NO13. The molecule has 0 radical (unpaired) electrons. The molecule has 12 unspecified atom stereocenters. The number of unbranched alkanes of at least 4 members (excludes halogenated alkanes) is 37. The summed E-state index contributed by atoms with van der Waals surface area (Å²) in [7, 11) is 0. The van der Waals surface area contributed by atoms with Gasteiger partial charge in [-0.05, 0) is 44.9 Å². The van der Waals surface area contributed by atoms with Gasteiger partial charge in [0.25, 0.3) is 0 Å². The first-order valence-electron chi connectivity index (χ1n) is 33.1. The van der Waals surface area contributed by atoms with Crippen LogP contribution in [0.5, 0.6) is 0 Å². The molecule has 0 bridgehead atoms. The van der Waals surface area contributed by atoms with Crippen molar-refractivity contribution in [3.8, 4) is 0 Å². The highest BCUT2D eigenvalue weighted by molar-refractivity contribution is 5.76. The van der Waals surface area contributed by atoms with Crippen LogP contribution in [0, 0.1) is 0 Å². The zero-order valence-electron chi connectivity index (χ0n) is 50.4. The molecule has 2 rings (SSSR count). The Morgan fingerprint density at radius 1 is 0.456 bits per heavy atom. The highest BCUT2D eigenvalue weighted by Gasteiger charge is 2.51. The fraction of sp³-hybridized carbons (Fsp3) is 0.923. The summed E-state index contributed by atoms with van der Waals surface area (Å²) in [5.41, 5.74) is 0. The standard InChI is InChI=1S/C65H123NO13/c1-3-5-7-9-11-13-15-17-19-21-23-25-26-27-28-29-31-33-35-37-39-41-43-45-47-49-57(70)66-53(54(69)48-46-44-42-40-38-36-34-32-30-24-22-20-18-16-14-12-10-8-6-4-2)52-76-64-62(75)60(73)63(56(51-68)78-64)79-65-61(74)59(72)58(71)55(50-67)77-65/h15,17,21,23,53-56,58-65,67-69,71-75H,3-14,16,18-20,22,24-52H2,1-2H3,(H,66,70)/b17-15-,23-21-. The molecule has 0 aliphatic carbocycles. The van der Waals surface area contributed by atoms with Crippen LogP contribution in [0.25, 0.3) is 0 Å². The van der Waals surface area contributed by atoms with Gasteiger partial charge in [-0.15, -0.1) is 0 Å². The molecule has 2 aliphatic heterocycles. The van der Waals surface area contributed by atoms with E-state index in [9.17, 15) is 45.6 Å². The fourth-order valence-electron chi connectivity index (χ4n) is 11.1. The minimum absolute atomic E-state index is 0.203. The van der Waals surface area contributed by atoms with Crippen molar-refractivity contribution >= 4 is 5.91 Å². The number of rotatable bonds is 54. The molecule has 1 amide bonds. The topological polar surface area (TPSA) is 228 Å². The van der Waals surface area contributed by atoms with Crippen LogP contribution in [-0.4, -0.2) is 140 Å². The van der Waals surface area contributed by atoms with Gasteiger partial charge in [0.15, 0.2) is 12.6 Å². The molecule has 79 heavy (non-hydrogen) atoms. The average Bonchev–Trinajstić information content (AvgIpc) is 3.47. The number of carbonyl (C=O) groups excluding carboxylic acids is 1. The van der Waals surface area contributed by atoms with Gasteiger partial charge in [-0.25, -0.2) is 0 Å². The molecule has 12 atom stereocenters. The maximum Gasteiger partial charge on any atom is 0.220 e. The number of ether oxygens (including phenoxy) is 4. The lowest BCUT2D eigenvalue weighted by Crippen LogP contribution is -2.65. The third-order valence-corrected chi connectivity index (χ3v) is 16.4. The van der Waals surface area contributed by atoms with E-state index in [1.807, 2.05) is 0 Å². The smallest absolute Gasteiger partial charge is 0.220 e. The fourth-order valence-corrected chi connectivity index (χ4v) is 11.1. The van der Waals surface area contributed by atoms with Crippen LogP contribution in [0.3, 0.4) is 0 Å². The number of carbonyl (C=O) groups is 1. The minimum Gasteiger partial charge on any atom is -0.394 e. The molecule has 0 aromatic carbocycles. The Hall–Kier alpha value is -1.53. The highest BCUT2D eigenvalue weighted by Crippen LogP contribution is 2.30. The lowest BCUT2D eigenvalue weighted by molar-refractivity contribution is -0.359. The monoisotopic (exact) mass is 1130 g/mol. The van der Waals surface area contributed by atoms with Crippen LogP contribution in [-0.2, 0) is 23.7 Å². The Bertz CT molecular complexity index is 1420. The van der Waals surface area contributed by atoms with Crippen molar-refractivity contribution in [3.63, 3.8) is 0 Å². The predicted molar refractivity (Wildman–Crippen MR) is 318 cm³/mol. The second kappa shape index (κ2) is 50.9. The van der Waals surface area contributed by atoms with E-state index in [0.717, 1.165) is 57.8 Å². The quantitative estimate of drug-likeness (QED) is 0.0204. The van der Waals surface area contributed by atoms with Gasteiger partial charge in [-0.3, -0.25) is 4.79 Å². The maximum absolute atomic E-state index is 13.3. The summed E-state index contributed by atoms with van der Waals surface area (Å²) in [6.07, 6.45) is 44.6. The summed E-state index contributed by atoms with van der Waals surface area (Å²) in [5, 5.41) is 87.5. The molecule has 9 N–H and O–H groups in total. The molecule has 2 saturated heterocycles. The summed E-state index contributed by atoms with van der Waals surface area (Å²) in [6, 6.07) is -0.828. The van der Waals surface area contributed by atoms with Gasteiger partial charge >= 0.3 is 0 Å². The van der Waals surface area contributed by atoms with Crippen molar-refractivity contribution in [1.82, 2.24) is 5.32 Å². The molecule has 0 aromatic rings. The van der Waals surface area contributed by atoms with Gasteiger partial charge in [0.2, 0.25) is 5.91 Å². The van der Waals surface area contributed by atoms with Crippen molar-refractivity contribution in [1.29, 1.82) is 0 Å². The van der Waals surface area contributed by atoms with Crippen molar-refractivity contribution < 1.29 is 64.6 Å². The number of aliphatic hydroxyl groups excluding tert-OH is 8. The molecule has 2 fully saturated rings. The van der Waals surface area contributed by atoms with Gasteiger partial charge in [0.1, 0.15) is 48.8 Å². The molecule has 0 spiro atoms. The van der Waals surface area contributed by atoms with Gasteiger partial charge < -0.3 is 65.1 Å². The first-order chi connectivity index (χ1) is 38.6. The van der Waals surface area contributed by atoms with Gasteiger partial charge in [-0.1, -0.05) is 263 Å². The normalized spacial score (nSPS) is 24.5. The molecule has 466 valence electrons. The van der Waals surface area contributed by atoms with Crippen molar-refractivity contribution in [2.24, 2.45) is 0 Å². The van der Waals surface area contributed by atoms with Crippen molar-refractivity contribution in [3.05, 3.63) is 24.3 Å². The first-order valence-corrected chi connectivity index (χ1v) is 33.1. The Morgan fingerprint density at radius 2 is 0.835 bits per heavy atom. The molecule has 14 nitrogen and oxygen atoms in total. The van der Waals surface area contributed by atoms with E-state index in [2.05, 4.69) is 43.5 Å². The van der Waals surface area contributed by atoms with E-state index in [1.165, 1.54) is 205 Å². The largest absolute Gasteiger partial charge is 0.394 e. The number of allylic oxidation sites excluding steroid dienone is 4. The second-order valence-corrected chi connectivity index (χ2v) is 23.6. The van der Waals surface area contributed by atoms with E-state index in [0.29, 0.717) is 12.8 Å². The minimum atomic E-state index is -1.78. The predicted octanol–water partition coefficient (Wildman–Crippen LogP) is 12.4. The molecule has 0 saturated carbocycles. The zero-order chi connectivity index (χ0) is 57.4. The number of hydrogen-bond acceptors (Lipinski definition) is 13. The van der Waals surface area contributed by atoms with Gasteiger partial charge in [-0.2, -0.15) is 0 Å². The van der Waals surface area contributed by atoms with E-state index < -0.39 is 86.8 Å². The van der Waals surface area contributed by atoms with Gasteiger partial charge in [0.05, 0.1) is 32.0 Å². The Kier molecular flexibility index (Phi) is 47.4. The van der Waals surface area contributed by atoms with Crippen molar-refractivity contribution in [2.75, 3.05) is 19.8 Å². The number of nitrogens with one attached hydrogen (secondary N) is 1. The van der Waals surface area contributed by atoms with Gasteiger partial charge in [0, 0.05) is 6.42 Å². The zero-order valence-corrected chi connectivity index (χ0v) is 50.4. The van der Waals surface area contributed by atoms with Crippen LogP contribution in [0.15, 0.2) is 24.3 Å². The average molecular weight is 1130 g/mol. The lowest BCUT2D eigenvalue weighted by Gasteiger charge is -2.46. The van der Waals surface area contributed by atoms with E-state index >= 15 is 0 Å². The summed E-state index contributed by atoms with van der Waals surface area (Å²) >= 11 is 0. The lowest BCUT2D eigenvalue weighted by atomic mass is 9.97. The summed E-state index contributed by atoms with van der Waals surface area (Å²) in [6.45, 7) is 2.89. The molecular weight excluding hydrogens is 1000 g/mol.